The summed E-state index contributed by atoms with van der Waals surface area (Å²) >= 11 is 0. The summed E-state index contributed by atoms with van der Waals surface area (Å²) in [7, 11) is 0. The molecule has 0 atom stereocenters. The van der Waals surface area contributed by atoms with E-state index in [1.807, 2.05) is 74.1 Å². The first-order valence-corrected chi connectivity index (χ1v) is 24.7. The number of aryl methyl sites for hydroxylation is 4. The third-order valence-corrected chi connectivity index (χ3v) is 13.6. The topological polar surface area (TPSA) is 100 Å². The summed E-state index contributed by atoms with van der Waals surface area (Å²) in [6.45, 7) is 7.77. The van der Waals surface area contributed by atoms with Crippen molar-refractivity contribution in [3.63, 3.8) is 0 Å². The van der Waals surface area contributed by atoms with Crippen LogP contribution in [-0.4, -0.2) is 44.5 Å². The molecule has 5 heterocycles. The van der Waals surface area contributed by atoms with Crippen LogP contribution in [-0.2, 0) is 0 Å². The van der Waals surface area contributed by atoms with Crippen molar-refractivity contribution in [2.45, 2.75) is 27.7 Å². The molecular weight excluding hydrogens is 907 g/mol. The van der Waals surface area contributed by atoms with Crippen LogP contribution in [0.2, 0.25) is 0 Å². The van der Waals surface area contributed by atoms with E-state index >= 15 is 0 Å². The van der Waals surface area contributed by atoms with Crippen LogP contribution in [0, 0.1) is 27.7 Å². The van der Waals surface area contributed by atoms with Crippen LogP contribution in [0.1, 0.15) is 23.0 Å². The summed E-state index contributed by atoms with van der Waals surface area (Å²) < 4.78 is 3.72. The van der Waals surface area contributed by atoms with Crippen molar-refractivity contribution < 1.29 is 0 Å². The van der Waals surface area contributed by atoms with E-state index in [-0.39, 0.29) is 0 Å². The van der Waals surface area contributed by atoms with Gasteiger partial charge in [0.05, 0.1) is 41.9 Å². The Morgan fingerprint density at radius 3 is 1.12 bits per heavy atom. The van der Waals surface area contributed by atoms with Crippen LogP contribution in [0.5, 0.6) is 0 Å². The molecule has 0 fully saturated rings. The zero-order valence-electron chi connectivity index (χ0n) is 41.4. The number of hydrogen-bond acceptors (Lipinski definition) is 7. The van der Waals surface area contributed by atoms with E-state index in [1.165, 1.54) is 11.1 Å². The monoisotopic (exact) mass is 955 g/mol. The van der Waals surface area contributed by atoms with Crippen molar-refractivity contribution in [3.05, 3.63) is 248 Å². The van der Waals surface area contributed by atoms with Crippen LogP contribution in [0.4, 0.5) is 0 Å². The zero-order chi connectivity index (χ0) is 50.1. The van der Waals surface area contributed by atoms with Gasteiger partial charge in [-0.15, -0.1) is 0 Å². The minimum atomic E-state index is 0.726. The van der Waals surface area contributed by atoms with E-state index in [4.69, 9.17) is 15.2 Å². The third kappa shape index (κ3) is 8.99. The molecule has 0 radical (unpaired) electrons. The van der Waals surface area contributed by atoms with Gasteiger partial charge in [-0.1, -0.05) is 152 Å². The van der Waals surface area contributed by atoms with Gasteiger partial charge in [0, 0.05) is 40.8 Å². The fourth-order valence-electron chi connectivity index (χ4n) is 9.91. The van der Waals surface area contributed by atoms with Crippen LogP contribution in [0.3, 0.4) is 0 Å². The first-order valence-electron chi connectivity index (χ1n) is 24.7. The van der Waals surface area contributed by atoms with Crippen molar-refractivity contribution in [2.75, 3.05) is 0 Å². The lowest BCUT2D eigenvalue weighted by molar-refractivity contribution is 0.840. The summed E-state index contributed by atoms with van der Waals surface area (Å²) in [6, 6.07) is 64.8. The molecule has 12 aromatic rings. The Morgan fingerprint density at radius 2 is 0.662 bits per heavy atom. The van der Waals surface area contributed by atoms with Crippen molar-refractivity contribution >= 4 is 0 Å². The summed E-state index contributed by atoms with van der Waals surface area (Å²) in [5.74, 6) is 1.45. The van der Waals surface area contributed by atoms with Crippen molar-refractivity contribution in [1.29, 1.82) is 0 Å². The number of nitrogens with zero attached hydrogens (tertiary/aromatic N) is 9. The summed E-state index contributed by atoms with van der Waals surface area (Å²) in [4.78, 5) is 23.3. The highest BCUT2D eigenvalue weighted by molar-refractivity contribution is 5.94. The van der Waals surface area contributed by atoms with Crippen LogP contribution >= 0.6 is 0 Å². The van der Waals surface area contributed by atoms with E-state index in [1.54, 1.807) is 0 Å². The molecule has 0 unspecified atom stereocenters. The quantitative estimate of drug-likeness (QED) is 0.127. The summed E-state index contributed by atoms with van der Waals surface area (Å²) in [5.41, 5.74) is 22.7. The minimum Gasteiger partial charge on any atom is -0.256 e. The number of aromatic nitrogens is 9. The minimum absolute atomic E-state index is 0.726. The highest BCUT2D eigenvalue weighted by atomic mass is 15.3. The maximum absolute atomic E-state index is 5.10. The van der Waals surface area contributed by atoms with Gasteiger partial charge in [-0.3, -0.25) is 4.98 Å². The molecule has 0 saturated carbocycles. The standard InChI is InChI=1S/C65H49N9/c1-42-64(38-66-44(3)71-42)73-40-55(36-69-73)61-23-12-10-21-59(61)53-32-52(33-54(34-53)60-22-11-13-24-62(60)56-37-70-74(41-56)65-39-67-45(4)72-43(65)2)58-20-9-8-19-57(58)51-29-30-63(68-35-51)50-18-14-17-49(31-50)48-27-25-47(26-28-48)46-15-6-5-7-16-46/h5-41H,1-4H3. The van der Waals surface area contributed by atoms with Crippen LogP contribution < -0.4 is 0 Å². The molecule has 0 amide bonds. The van der Waals surface area contributed by atoms with E-state index < -0.39 is 0 Å². The lowest BCUT2D eigenvalue weighted by Gasteiger charge is -2.17. The second-order valence-electron chi connectivity index (χ2n) is 18.5. The van der Waals surface area contributed by atoms with Crippen molar-refractivity contribution in [3.8, 4) is 112 Å². The zero-order valence-corrected chi connectivity index (χ0v) is 41.4. The maximum atomic E-state index is 5.10. The molecule has 9 heteroatoms. The number of benzene rings is 7. The van der Waals surface area contributed by atoms with Gasteiger partial charge >= 0.3 is 0 Å². The Bertz CT molecular complexity index is 3850. The number of rotatable bonds is 11. The van der Waals surface area contributed by atoms with Gasteiger partial charge in [0.25, 0.3) is 0 Å². The third-order valence-electron chi connectivity index (χ3n) is 13.6. The molecule has 0 aliphatic heterocycles. The van der Waals surface area contributed by atoms with Crippen molar-refractivity contribution in [1.82, 2.24) is 44.5 Å². The Labute approximate surface area is 430 Å². The molecule has 0 N–H and O–H groups in total. The first-order chi connectivity index (χ1) is 36.3. The Kier molecular flexibility index (Phi) is 11.9. The molecule has 0 saturated heterocycles. The van der Waals surface area contributed by atoms with E-state index in [9.17, 15) is 0 Å². The van der Waals surface area contributed by atoms with Gasteiger partial charge in [-0.2, -0.15) is 10.2 Å². The van der Waals surface area contributed by atoms with E-state index in [0.29, 0.717) is 0 Å². The highest BCUT2D eigenvalue weighted by Crippen LogP contribution is 2.42. The highest BCUT2D eigenvalue weighted by Gasteiger charge is 2.19. The van der Waals surface area contributed by atoms with Gasteiger partial charge < -0.3 is 0 Å². The molecular formula is C65H49N9. The molecule has 0 aliphatic rings. The molecule has 0 bridgehead atoms. The lowest BCUT2D eigenvalue weighted by atomic mass is 9.87. The fraction of sp³-hybridized carbons (Fsp3) is 0.0615. The van der Waals surface area contributed by atoms with Gasteiger partial charge in [0.2, 0.25) is 0 Å². The Hall–Kier alpha value is -9.73. The number of hydrogen-bond donors (Lipinski definition) is 0. The second-order valence-corrected chi connectivity index (χ2v) is 18.5. The van der Waals surface area contributed by atoms with Gasteiger partial charge in [-0.05, 0) is 130 Å². The smallest absolute Gasteiger partial charge is 0.125 e. The van der Waals surface area contributed by atoms with Crippen LogP contribution in [0.15, 0.2) is 225 Å². The SMILES string of the molecule is Cc1ncc(-n2cc(-c3ccccc3-c3cc(-c4ccccc4-c4ccc(-c5cccc(-c6ccc(-c7ccccc7)cc6)c5)nc4)cc(-c4ccccc4-c4cnn(-c5cnc(C)nc5C)c4)c3)cn2)c(C)n1. The predicted octanol–water partition coefficient (Wildman–Crippen LogP) is 15.3. The maximum Gasteiger partial charge on any atom is 0.125 e. The summed E-state index contributed by atoms with van der Waals surface area (Å²) in [5, 5.41) is 9.63. The second kappa shape index (κ2) is 19.5. The van der Waals surface area contributed by atoms with Gasteiger partial charge in [-0.25, -0.2) is 29.3 Å². The average molecular weight is 956 g/mol. The van der Waals surface area contributed by atoms with E-state index in [0.717, 1.165) is 124 Å². The first kappa shape index (κ1) is 45.4. The van der Waals surface area contributed by atoms with Crippen molar-refractivity contribution in [2.24, 2.45) is 0 Å². The number of pyridine rings is 1. The molecule has 0 aliphatic carbocycles. The lowest BCUT2D eigenvalue weighted by Crippen LogP contribution is -2.02. The molecule has 5 aromatic heterocycles. The molecule has 9 nitrogen and oxygen atoms in total. The molecule has 354 valence electrons. The van der Waals surface area contributed by atoms with Crippen LogP contribution in [0.25, 0.3) is 112 Å². The predicted molar refractivity (Wildman–Crippen MR) is 298 cm³/mol. The largest absolute Gasteiger partial charge is 0.256 e. The van der Waals surface area contributed by atoms with Gasteiger partial charge in [0.1, 0.15) is 23.0 Å². The molecule has 12 rings (SSSR count). The van der Waals surface area contributed by atoms with Gasteiger partial charge in [0.15, 0.2) is 0 Å². The molecule has 7 aromatic carbocycles. The average Bonchev–Trinajstić information content (AvgIpc) is 4.15. The Balaban J connectivity index is 0.944. The molecule has 0 spiro atoms. The molecule has 74 heavy (non-hydrogen) atoms. The van der Waals surface area contributed by atoms with E-state index in [2.05, 4.69) is 208 Å². The Morgan fingerprint density at radius 1 is 0.284 bits per heavy atom. The normalized spacial score (nSPS) is 11.2. The summed E-state index contributed by atoms with van der Waals surface area (Å²) in [6.07, 6.45) is 13.6. The fourth-order valence-corrected chi connectivity index (χ4v) is 9.91.